The van der Waals surface area contributed by atoms with Crippen molar-refractivity contribution in [2.75, 3.05) is 26.2 Å². The minimum Gasteiger partial charge on any atom is -0.390 e. The molecule has 0 radical (unpaired) electrons. The van der Waals surface area contributed by atoms with Crippen LogP contribution < -0.4 is 10.6 Å². The Balaban J connectivity index is 1.36. The molecule has 7 heteroatoms. The van der Waals surface area contributed by atoms with Gasteiger partial charge in [-0.15, -0.1) is 0 Å². The van der Waals surface area contributed by atoms with Gasteiger partial charge in [0.1, 0.15) is 5.69 Å². The standard InChI is InChI=1S/C27H32N4O3/c32-25(19-31-15-7-2-8-16-31)24(17-20-9-3-1-4-10-20)30-26(33)18-28-27(34)23-14-13-21-11-5-6-12-22(21)29-23/h1,3-6,9-14,24-25,32H,2,7-8,15-19H2,(H,28,34)(H,30,33). The number of rotatable bonds is 9. The maximum atomic E-state index is 12.7. The number of hydrogen-bond donors (Lipinski definition) is 3. The SMILES string of the molecule is O=C(CNC(=O)c1ccc2ccccc2n1)NC(Cc1ccccc1)C(O)CN1CCCCC1. The molecule has 0 saturated carbocycles. The molecule has 34 heavy (non-hydrogen) atoms. The number of para-hydroxylation sites is 1. The Hall–Kier alpha value is -3.29. The highest BCUT2D eigenvalue weighted by Crippen LogP contribution is 2.13. The molecule has 2 aromatic carbocycles. The molecule has 1 saturated heterocycles. The van der Waals surface area contributed by atoms with Gasteiger partial charge in [-0.1, -0.05) is 61.0 Å². The zero-order valence-corrected chi connectivity index (χ0v) is 19.3. The van der Waals surface area contributed by atoms with E-state index in [-0.39, 0.29) is 18.1 Å². The van der Waals surface area contributed by atoms with Gasteiger partial charge in [0.25, 0.3) is 5.91 Å². The first-order chi connectivity index (χ1) is 16.6. The maximum Gasteiger partial charge on any atom is 0.270 e. The molecule has 178 valence electrons. The van der Waals surface area contributed by atoms with Crippen LogP contribution in [0.2, 0.25) is 0 Å². The molecular weight excluding hydrogens is 428 g/mol. The fourth-order valence-corrected chi connectivity index (χ4v) is 4.39. The molecule has 4 rings (SSSR count). The molecule has 1 aliphatic heterocycles. The van der Waals surface area contributed by atoms with E-state index in [4.69, 9.17) is 0 Å². The second-order valence-electron chi connectivity index (χ2n) is 8.86. The van der Waals surface area contributed by atoms with Crippen LogP contribution in [0.3, 0.4) is 0 Å². The summed E-state index contributed by atoms with van der Waals surface area (Å²) in [4.78, 5) is 31.9. The zero-order chi connectivity index (χ0) is 23.8. The van der Waals surface area contributed by atoms with Crippen LogP contribution in [0.15, 0.2) is 66.7 Å². The van der Waals surface area contributed by atoms with E-state index in [1.807, 2.05) is 60.7 Å². The fourth-order valence-electron chi connectivity index (χ4n) is 4.39. The van der Waals surface area contributed by atoms with Crippen LogP contribution in [-0.4, -0.2) is 65.1 Å². The quantitative estimate of drug-likeness (QED) is 0.456. The Bertz CT molecular complexity index is 1100. The number of hydrogen-bond acceptors (Lipinski definition) is 5. The van der Waals surface area contributed by atoms with Crippen molar-refractivity contribution in [1.29, 1.82) is 0 Å². The smallest absolute Gasteiger partial charge is 0.270 e. The highest BCUT2D eigenvalue weighted by atomic mass is 16.3. The predicted molar refractivity (Wildman–Crippen MR) is 132 cm³/mol. The number of β-amino-alcohol motifs (C(OH)–C–C–N with tert-alkyl or cyclic N) is 1. The van der Waals surface area contributed by atoms with E-state index in [2.05, 4.69) is 20.5 Å². The molecule has 3 N–H and O–H groups in total. The molecule has 7 nitrogen and oxygen atoms in total. The number of aromatic nitrogens is 1. The average molecular weight is 461 g/mol. The normalized spacial score (nSPS) is 16.0. The summed E-state index contributed by atoms with van der Waals surface area (Å²) >= 11 is 0. The van der Waals surface area contributed by atoms with Crippen LogP contribution in [0.4, 0.5) is 0 Å². The average Bonchev–Trinajstić information content (AvgIpc) is 2.87. The van der Waals surface area contributed by atoms with Gasteiger partial charge in [-0.2, -0.15) is 0 Å². The summed E-state index contributed by atoms with van der Waals surface area (Å²) in [5.74, 6) is -0.748. The molecule has 1 aromatic heterocycles. The van der Waals surface area contributed by atoms with E-state index in [0.717, 1.165) is 42.4 Å². The summed E-state index contributed by atoms with van der Waals surface area (Å²) in [6.07, 6.45) is 3.30. The van der Waals surface area contributed by atoms with Crippen molar-refractivity contribution < 1.29 is 14.7 Å². The minimum absolute atomic E-state index is 0.185. The largest absolute Gasteiger partial charge is 0.390 e. The fraction of sp³-hybridized carbons (Fsp3) is 0.370. The zero-order valence-electron chi connectivity index (χ0n) is 19.3. The minimum atomic E-state index is -0.708. The van der Waals surface area contributed by atoms with Gasteiger partial charge in [0.2, 0.25) is 5.91 Å². The molecule has 0 aliphatic carbocycles. The molecule has 2 unspecified atom stereocenters. The van der Waals surface area contributed by atoms with Gasteiger partial charge in [-0.3, -0.25) is 9.59 Å². The van der Waals surface area contributed by atoms with E-state index >= 15 is 0 Å². The highest BCUT2D eigenvalue weighted by Gasteiger charge is 2.25. The van der Waals surface area contributed by atoms with Crippen LogP contribution in [0.1, 0.15) is 35.3 Å². The maximum absolute atomic E-state index is 12.7. The van der Waals surface area contributed by atoms with Crippen LogP contribution in [-0.2, 0) is 11.2 Å². The van der Waals surface area contributed by atoms with Crippen molar-refractivity contribution in [2.45, 2.75) is 37.8 Å². The Morgan fingerprint density at radius 3 is 2.47 bits per heavy atom. The number of likely N-dealkylation sites (tertiary alicyclic amines) is 1. The van der Waals surface area contributed by atoms with Crippen LogP contribution in [0.5, 0.6) is 0 Å². The lowest BCUT2D eigenvalue weighted by Gasteiger charge is -2.32. The van der Waals surface area contributed by atoms with Crippen LogP contribution >= 0.6 is 0 Å². The molecule has 1 fully saturated rings. The summed E-state index contributed by atoms with van der Waals surface area (Å²) in [6, 6.07) is 20.4. The number of amides is 2. The van der Waals surface area contributed by atoms with Crippen LogP contribution in [0.25, 0.3) is 10.9 Å². The summed E-state index contributed by atoms with van der Waals surface area (Å²) < 4.78 is 0. The Morgan fingerprint density at radius 2 is 1.68 bits per heavy atom. The van der Waals surface area contributed by atoms with E-state index in [0.29, 0.717) is 13.0 Å². The lowest BCUT2D eigenvalue weighted by atomic mass is 10.00. The summed E-state index contributed by atoms with van der Waals surface area (Å²) in [5.41, 5.74) is 2.02. The molecule has 0 bridgehead atoms. The third kappa shape index (κ3) is 6.62. The van der Waals surface area contributed by atoms with Crippen molar-refractivity contribution in [3.63, 3.8) is 0 Å². The number of pyridine rings is 1. The molecular formula is C27H32N4O3. The lowest BCUT2D eigenvalue weighted by molar-refractivity contribution is -0.121. The third-order valence-electron chi connectivity index (χ3n) is 6.24. The number of aliphatic hydroxyl groups is 1. The Labute approximate surface area is 200 Å². The van der Waals surface area contributed by atoms with Crippen molar-refractivity contribution in [3.05, 3.63) is 78.0 Å². The third-order valence-corrected chi connectivity index (χ3v) is 6.24. The number of carbonyl (C=O) groups is 2. The highest BCUT2D eigenvalue weighted by molar-refractivity contribution is 5.96. The van der Waals surface area contributed by atoms with E-state index in [9.17, 15) is 14.7 Å². The molecule has 0 spiro atoms. The number of carbonyl (C=O) groups excluding carboxylic acids is 2. The molecule has 2 amide bonds. The number of piperidine rings is 1. The first-order valence-electron chi connectivity index (χ1n) is 12.0. The summed E-state index contributed by atoms with van der Waals surface area (Å²) in [5, 5.41) is 17.5. The van der Waals surface area contributed by atoms with Gasteiger partial charge in [-0.25, -0.2) is 4.98 Å². The first kappa shape index (κ1) is 23.9. The van der Waals surface area contributed by atoms with Gasteiger partial charge in [-0.05, 0) is 50.0 Å². The topological polar surface area (TPSA) is 94.6 Å². The van der Waals surface area contributed by atoms with Crippen molar-refractivity contribution in [1.82, 2.24) is 20.5 Å². The van der Waals surface area contributed by atoms with E-state index < -0.39 is 18.1 Å². The number of benzene rings is 2. The number of fused-ring (bicyclic) bond motifs is 1. The van der Waals surface area contributed by atoms with E-state index in [1.165, 1.54) is 6.42 Å². The second kappa shape index (κ2) is 11.7. The van der Waals surface area contributed by atoms with Gasteiger partial charge < -0.3 is 20.6 Å². The van der Waals surface area contributed by atoms with Gasteiger partial charge in [0.05, 0.1) is 24.2 Å². The number of nitrogens with one attached hydrogen (secondary N) is 2. The molecule has 2 atom stereocenters. The number of nitrogens with zero attached hydrogens (tertiary/aromatic N) is 2. The van der Waals surface area contributed by atoms with Gasteiger partial charge in [0.15, 0.2) is 0 Å². The summed E-state index contributed by atoms with van der Waals surface area (Å²) in [7, 11) is 0. The molecule has 1 aliphatic rings. The Morgan fingerprint density at radius 1 is 0.941 bits per heavy atom. The first-order valence-corrected chi connectivity index (χ1v) is 12.0. The molecule has 3 aromatic rings. The summed E-state index contributed by atoms with van der Waals surface area (Å²) in [6.45, 7) is 2.27. The Kier molecular flexibility index (Phi) is 8.22. The van der Waals surface area contributed by atoms with Gasteiger partial charge >= 0.3 is 0 Å². The molecule has 2 heterocycles. The monoisotopic (exact) mass is 460 g/mol. The second-order valence-corrected chi connectivity index (χ2v) is 8.86. The van der Waals surface area contributed by atoms with E-state index in [1.54, 1.807) is 6.07 Å². The lowest BCUT2D eigenvalue weighted by Crippen LogP contribution is -2.52. The van der Waals surface area contributed by atoms with Crippen molar-refractivity contribution >= 4 is 22.7 Å². The van der Waals surface area contributed by atoms with Gasteiger partial charge in [0, 0.05) is 11.9 Å². The van der Waals surface area contributed by atoms with Crippen molar-refractivity contribution in [3.8, 4) is 0 Å². The number of aliphatic hydroxyl groups excluding tert-OH is 1. The predicted octanol–water partition coefficient (Wildman–Crippen LogP) is 2.54. The van der Waals surface area contributed by atoms with Crippen molar-refractivity contribution in [2.24, 2.45) is 0 Å². The van der Waals surface area contributed by atoms with Crippen LogP contribution in [0, 0.1) is 0 Å².